The maximum atomic E-state index is 12.7. The number of anilines is 1. The maximum absolute atomic E-state index is 12.7. The van der Waals surface area contributed by atoms with E-state index in [1.54, 1.807) is 18.7 Å². The van der Waals surface area contributed by atoms with Crippen LogP contribution in [0.4, 0.5) is 5.69 Å². The van der Waals surface area contributed by atoms with Crippen molar-refractivity contribution in [1.82, 2.24) is 19.5 Å². The fourth-order valence-electron chi connectivity index (χ4n) is 3.80. The topological polar surface area (TPSA) is 102 Å². The van der Waals surface area contributed by atoms with Crippen molar-refractivity contribution < 1.29 is 4.79 Å². The zero-order valence-corrected chi connectivity index (χ0v) is 14.9. The van der Waals surface area contributed by atoms with Crippen molar-refractivity contribution in [2.24, 2.45) is 17.6 Å². The van der Waals surface area contributed by atoms with Crippen LogP contribution in [0.2, 0.25) is 0 Å². The monoisotopic (exact) mass is 352 g/mol. The molecule has 1 fully saturated rings. The number of aromatic amines is 1. The van der Waals surface area contributed by atoms with E-state index in [0.29, 0.717) is 5.92 Å². The minimum atomic E-state index is 0.0558. The second kappa shape index (κ2) is 6.92. The van der Waals surface area contributed by atoms with Crippen LogP contribution in [0.25, 0.3) is 16.9 Å². The number of nitrogens with one attached hydrogen (secondary N) is 2. The lowest BCUT2D eigenvalue weighted by Gasteiger charge is -2.30. The highest BCUT2D eigenvalue weighted by Gasteiger charge is 2.28. The molecule has 1 unspecified atom stereocenters. The molecule has 1 aliphatic carbocycles. The van der Waals surface area contributed by atoms with Gasteiger partial charge in [-0.25, -0.2) is 9.97 Å². The average Bonchev–Trinajstić information content (AvgIpc) is 3.31. The Kier molecular flexibility index (Phi) is 4.46. The van der Waals surface area contributed by atoms with Crippen LogP contribution in [-0.2, 0) is 4.79 Å². The molecule has 3 aromatic heterocycles. The smallest absolute Gasteiger partial charge is 0.227 e. The van der Waals surface area contributed by atoms with Crippen LogP contribution in [0, 0.1) is 11.8 Å². The first kappa shape index (κ1) is 16.8. The summed E-state index contributed by atoms with van der Waals surface area (Å²) in [5, 5.41) is 4.00. The molecular weight excluding hydrogens is 328 g/mol. The molecule has 4 N–H and O–H groups in total. The van der Waals surface area contributed by atoms with Crippen LogP contribution < -0.4 is 11.1 Å². The van der Waals surface area contributed by atoms with Crippen LogP contribution in [0.3, 0.4) is 0 Å². The van der Waals surface area contributed by atoms with Crippen LogP contribution in [0.5, 0.6) is 0 Å². The molecule has 0 aliphatic heterocycles. The molecule has 1 amide bonds. The molecule has 7 nitrogen and oxygen atoms in total. The molecular formula is C19H24N6O. The Morgan fingerprint density at radius 3 is 2.85 bits per heavy atom. The molecule has 0 radical (unpaired) electrons. The van der Waals surface area contributed by atoms with Crippen LogP contribution in [-0.4, -0.2) is 31.5 Å². The van der Waals surface area contributed by atoms with Crippen molar-refractivity contribution in [1.29, 1.82) is 0 Å². The van der Waals surface area contributed by atoms with E-state index in [9.17, 15) is 4.79 Å². The zero-order chi connectivity index (χ0) is 18.1. The molecule has 136 valence electrons. The van der Waals surface area contributed by atoms with E-state index < -0.39 is 0 Å². The first-order valence-corrected chi connectivity index (χ1v) is 9.14. The molecule has 3 heterocycles. The van der Waals surface area contributed by atoms with Gasteiger partial charge in [0.2, 0.25) is 5.91 Å². The van der Waals surface area contributed by atoms with Crippen molar-refractivity contribution in [2.75, 3.05) is 5.32 Å². The quantitative estimate of drug-likeness (QED) is 0.672. The Morgan fingerprint density at radius 2 is 2.15 bits per heavy atom. The van der Waals surface area contributed by atoms with Gasteiger partial charge in [-0.3, -0.25) is 9.36 Å². The van der Waals surface area contributed by atoms with Gasteiger partial charge in [-0.2, -0.15) is 0 Å². The number of nitrogens with two attached hydrogens (primary N) is 1. The summed E-state index contributed by atoms with van der Waals surface area (Å²) in [6.45, 7) is 2.06. The van der Waals surface area contributed by atoms with Crippen molar-refractivity contribution in [2.45, 2.75) is 38.6 Å². The Morgan fingerprint density at radius 1 is 1.35 bits per heavy atom. The Hall–Kier alpha value is -2.67. The van der Waals surface area contributed by atoms with Gasteiger partial charge in [0.15, 0.2) is 0 Å². The number of carbonyl (C=O) groups excluding carboxylic acids is 1. The highest BCUT2D eigenvalue weighted by Crippen LogP contribution is 2.32. The molecule has 7 heteroatoms. The second-order valence-electron chi connectivity index (χ2n) is 7.21. The summed E-state index contributed by atoms with van der Waals surface area (Å²) in [7, 11) is 0. The summed E-state index contributed by atoms with van der Waals surface area (Å²) in [5.74, 6) is 1.55. The molecule has 1 atom stereocenters. The first-order chi connectivity index (χ1) is 12.6. The summed E-state index contributed by atoms with van der Waals surface area (Å²) >= 11 is 0. The number of nitrogens with zero attached hydrogens (tertiary/aromatic N) is 3. The summed E-state index contributed by atoms with van der Waals surface area (Å²) in [4.78, 5) is 24.4. The summed E-state index contributed by atoms with van der Waals surface area (Å²) in [6.07, 6.45) is 10.9. The van der Waals surface area contributed by atoms with Gasteiger partial charge in [0.05, 0.1) is 5.69 Å². The second-order valence-corrected chi connectivity index (χ2v) is 7.21. The minimum Gasteiger partial charge on any atom is -0.328 e. The Bertz CT molecular complexity index is 890. The number of fused-ring (bicyclic) bond motifs is 1. The number of hydrogen-bond acceptors (Lipinski definition) is 4. The predicted molar refractivity (Wildman–Crippen MR) is 101 cm³/mol. The lowest BCUT2D eigenvalue weighted by molar-refractivity contribution is -0.121. The molecule has 0 aromatic carbocycles. The molecule has 4 rings (SSSR count). The third kappa shape index (κ3) is 3.22. The molecule has 3 aromatic rings. The first-order valence-electron chi connectivity index (χ1n) is 9.14. The van der Waals surface area contributed by atoms with Gasteiger partial charge < -0.3 is 16.0 Å². The van der Waals surface area contributed by atoms with Crippen LogP contribution in [0.1, 0.15) is 32.6 Å². The van der Waals surface area contributed by atoms with Gasteiger partial charge in [0.1, 0.15) is 17.8 Å². The zero-order valence-electron chi connectivity index (χ0n) is 14.9. The fraction of sp³-hybridized carbons (Fsp3) is 0.421. The van der Waals surface area contributed by atoms with Crippen molar-refractivity contribution in [3.63, 3.8) is 0 Å². The lowest BCUT2D eigenvalue weighted by Crippen LogP contribution is -2.33. The number of carbonyl (C=O) groups is 1. The third-order valence-corrected chi connectivity index (χ3v) is 5.44. The van der Waals surface area contributed by atoms with E-state index in [-0.39, 0.29) is 17.9 Å². The average molecular weight is 352 g/mol. The van der Waals surface area contributed by atoms with Gasteiger partial charge in [-0.15, -0.1) is 0 Å². The largest absolute Gasteiger partial charge is 0.328 e. The molecule has 1 saturated carbocycles. The van der Waals surface area contributed by atoms with Gasteiger partial charge in [-0.1, -0.05) is 0 Å². The van der Waals surface area contributed by atoms with Crippen LogP contribution >= 0.6 is 0 Å². The van der Waals surface area contributed by atoms with Gasteiger partial charge in [0.25, 0.3) is 0 Å². The summed E-state index contributed by atoms with van der Waals surface area (Å²) in [5.41, 5.74) is 7.53. The third-order valence-electron chi connectivity index (χ3n) is 5.44. The van der Waals surface area contributed by atoms with E-state index in [1.165, 1.54) is 0 Å². The van der Waals surface area contributed by atoms with Crippen molar-refractivity contribution in [3.05, 3.63) is 37.1 Å². The normalized spacial score (nSPS) is 21.6. The van der Waals surface area contributed by atoms with E-state index in [4.69, 9.17) is 5.73 Å². The standard InChI is InChI=1S/C19H24N6O/c1-12(20)13-2-4-14(5-3-13)19(26)23-16-6-7-22-18-15(16)10-17(24-18)25-9-8-21-11-25/h6-14H,2-5,20H2,1H3,(H2,22,23,24,26)/t12?,13-,14-. The predicted octanol–water partition coefficient (Wildman–Crippen LogP) is 2.84. The van der Waals surface area contributed by atoms with E-state index >= 15 is 0 Å². The summed E-state index contributed by atoms with van der Waals surface area (Å²) < 4.78 is 1.88. The van der Waals surface area contributed by atoms with Gasteiger partial charge in [-0.05, 0) is 50.7 Å². The number of H-pyrrole nitrogens is 1. The van der Waals surface area contributed by atoms with E-state index in [2.05, 4.69) is 27.2 Å². The number of aromatic nitrogens is 4. The number of pyridine rings is 1. The number of rotatable bonds is 4. The minimum absolute atomic E-state index is 0.0558. The molecule has 0 bridgehead atoms. The maximum Gasteiger partial charge on any atom is 0.227 e. The fourth-order valence-corrected chi connectivity index (χ4v) is 3.80. The molecule has 26 heavy (non-hydrogen) atoms. The van der Waals surface area contributed by atoms with Crippen molar-refractivity contribution in [3.8, 4) is 5.82 Å². The highest BCUT2D eigenvalue weighted by molar-refractivity contribution is 6.01. The van der Waals surface area contributed by atoms with Gasteiger partial charge >= 0.3 is 0 Å². The van der Waals surface area contributed by atoms with Crippen molar-refractivity contribution >= 4 is 22.6 Å². The number of hydrogen-bond donors (Lipinski definition) is 3. The highest BCUT2D eigenvalue weighted by atomic mass is 16.1. The number of amides is 1. The molecule has 1 aliphatic rings. The molecule has 0 spiro atoms. The SMILES string of the molecule is CC(N)[C@H]1CC[C@H](C(=O)Nc2ccnc3[nH]c(-n4ccnc4)cc23)CC1. The van der Waals surface area contributed by atoms with E-state index in [1.807, 2.05) is 22.9 Å². The number of imidazole rings is 1. The van der Waals surface area contributed by atoms with Gasteiger partial charge in [0, 0.05) is 35.9 Å². The summed E-state index contributed by atoms with van der Waals surface area (Å²) in [6, 6.07) is 4.03. The van der Waals surface area contributed by atoms with E-state index in [0.717, 1.165) is 48.2 Å². The lowest BCUT2D eigenvalue weighted by atomic mass is 9.79. The Labute approximate surface area is 152 Å². The van der Waals surface area contributed by atoms with Crippen LogP contribution in [0.15, 0.2) is 37.1 Å². The molecule has 0 saturated heterocycles. The Balaban J connectivity index is 1.51.